The Bertz CT molecular complexity index is 691. The summed E-state index contributed by atoms with van der Waals surface area (Å²) in [4.78, 5) is 38.7. The van der Waals surface area contributed by atoms with Crippen molar-refractivity contribution in [2.24, 2.45) is 0 Å². The van der Waals surface area contributed by atoms with Crippen molar-refractivity contribution in [2.75, 3.05) is 32.9 Å². The van der Waals surface area contributed by atoms with Gasteiger partial charge in [-0.25, -0.2) is 0 Å². The highest BCUT2D eigenvalue weighted by molar-refractivity contribution is 6.01. The molecule has 1 fully saturated rings. The van der Waals surface area contributed by atoms with Gasteiger partial charge in [-0.2, -0.15) is 0 Å². The van der Waals surface area contributed by atoms with Crippen molar-refractivity contribution in [3.63, 3.8) is 0 Å². The molecule has 1 aromatic carbocycles. The molecule has 0 aromatic heterocycles. The lowest BCUT2D eigenvalue weighted by Gasteiger charge is -2.34. The number of benzene rings is 1. The first-order valence-corrected chi connectivity index (χ1v) is 9.15. The molecule has 8 heteroatoms. The van der Waals surface area contributed by atoms with Gasteiger partial charge in [0, 0.05) is 19.2 Å². The first-order chi connectivity index (χ1) is 13.0. The van der Waals surface area contributed by atoms with Crippen LogP contribution in [0.3, 0.4) is 0 Å². The number of ether oxygens (including phenoxy) is 3. The van der Waals surface area contributed by atoms with Gasteiger partial charge in [0.05, 0.1) is 31.8 Å². The zero-order chi connectivity index (χ0) is 19.8. The summed E-state index contributed by atoms with van der Waals surface area (Å²) in [5.41, 5.74) is 0.323. The van der Waals surface area contributed by atoms with Crippen molar-refractivity contribution in [3.8, 4) is 11.5 Å². The van der Waals surface area contributed by atoms with Gasteiger partial charge < -0.3 is 24.4 Å². The quantitative estimate of drug-likeness (QED) is 0.687. The van der Waals surface area contributed by atoms with E-state index in [2.05, 4.69) is 5.32 Å². The van der Waals surface area contributed by atoms with Crippen LogP contribution in [-0.2, 0) is 14.3 Å². The molecular formula is C19H26N2O6. The number of hydrogen-bond donors (Lipinski definition) is 1. The minimum Gasteiger partial charge on any atom is -0.494 e. The van der Waals surface area contributed by atoms with E-state index in [4.69, 9.17) is 14.2 Å². The van der Waals surface area contributed by atoms with E-state index in [1.807, 2.05) is 13.8 Å². The molecule has 0 radical (unpaired) electrons. The van der Waals surface area contributed by atoms with Crippen LogP contribution in [0.1, 0.15) is 37.6 Å². The van der Waals surface area contributed by atoms with Crippen molar-refractivity contribution >= 4 is 17.8 Å². The Morgan fingerprint density at radius 2 is 1.89 bits per heavy atom. The third kappa shape index (κ3) is 5.12. The van der Waals surface area contributed by atoms with E-state index in [9.17, 15) is 14.4 Å². The van der Waals surface area contributed by atoms with E-state index < -0.39 is 12.0 Å². The Balaban J connectivity index is 2.29. The molecule has 0 spiro atoms. The number of carbonyl (C=O) groups is 3. The summed E-state index contributed by atoms with van der Waals surface area (Å²) in [7, 11) is 0. The van der Waals surface area contributed by atoms with Crippen LogP contribution in [0.4, 0.5) is 0 Å². The molecule has 8 nitrogen and oxygen atoms in total. The van der Waals surface area contributed by atoms with Gasteiger partial charge in [0.25, 0.3) is 5.91 Å². The molecule has 27 heavy (non-hydrogen) atoms. The second-order valence-corrected chi connectivity index (χ2v) is 5.84. The minimum absolute atomic E-state index is 0.188. The SMILES string of the molecule is CCOC(=O)CC1C(=O)NCCN1C(=O)c1ccc(OCC)cc1OCC. The average molecular weight is 378 g/mol. The highest BCUT2D eigenvalue weighted by Crippen LogP contribution is 2.27. The summed E-state index contributed by atoms with van der Waals surface area (Å²) in [6, 6.07) is 4.05. The van der Waals surface area contributed by atoms with Gasteiger partial charge in [0.2, 0.25) is 5.91 Å². The standard InChI is InChI=1S/C19H26N2O6/c1-4-25-13-7-8-14(16(11-13)26-5-2)19(24)21-10-9-20-18(23)15(21)12-17(22)27-6-3/h7-8,11,15H,4-6,9-10,12H2,1-3H3,(H,20,23). The zero-order valence-electron chi connectivity index (χ0n) is 15.9. The van der Waals surface area contributed by atoms with Gasteiger partial charge in [-0.05, 0) is 32.9 Å². The van der Waals surface area contributed by atoms with E-state index in [0.29, 0.717) is 43.4 Å². The van der Waals surface area contributed by atoms with Gasteiger partial charge in [-0.3, -0.25) is 14.4 Å². The second-order valence-electron chi connectivity index (χ2n) is 5.84. The second kappa shape index (κ2) is 9.80. The molecule has 1 atom stereocenters. The Labute approximate surface area is 158 Å². The maximum atomic E-state index is 13.1. The van der Waals surface area contributed by atoms with Crippen molar-refractivity contribution < 1.29 is 28.6 Å². The number of carbonyl (C=O) groups excluding carboxylic acids is 3. The Morgan fingerprint density at radius 3 is 2.56 bits per heavy atom. The first kappa shape index (κ1) is 20.5. The molecule has 1 heterocycles. The van der Waals surface area contributed by atoms with Crippen LogP contribution < -0.4 is 14.8 Å². The number of nitrogens with zero attached hydrogens (tertiary/aromatic N) is 1. The fraction of sp³-hybridized carbons (Fsp3) is 0.526. The fourth-order valence-electron chi connectivity index (χ4n) is 2.90. The summed E-state index contributed by atoms with van der Waals surface area (Å²) < 4.78 is 16.0. The summed E-state index contributed by atoms with van der Waals surface area (Å²) >= 11 is 0. The Morgan fingerprint density at radius 1 is 1.15 bits per heavy atom. The van der Waals surface area contributed by atoms with Crippen LogP contribution in [0.25, 0.3) is 0 Å². The predicted octanol–water partition coefficient (Wildman–Crippen LogP) is 1.38. The molecule has 1 unspecified atom stereocenters. The summed E-state index contributed by atoms with van der Waals surface area (Å²) in [6.45, 7) is 7.09. The molecule has 1 aliphatic heterocycles. The normalized spacial score (nSPS) is 16.5. The number of rotatable bonds is 8. The van der Waals surface area contributed by atoms with E-state index in [-0.39, 0.29) is 24.8 Å². The molecule has 0 saturated carbocycles. The monoisotopic (exact) mass is 378 g/mol. The van der Waals surface area contributed by atoms with Crippen LogP contribution in [0.5, 0.6) is 11.5 Å². The van der Waals surface area contributed by atoms with Gasteiger partial charge in [0.15, 0.2) is 0 Å². The van der Waals surface area contributed by atoms with Crippen LogP contribution in [0, 0.1) is 0 Å². The predicted molar refractivity (Wildman–Crippen MR) is 97.9 cm³/mol. The minimum atomic E-state index is -0.911. The molecule has 1 N–H and O–H groups in total. The number of esters is 1. The largest absolute Gasteiger partial charge is 0.494 e. The van der Waals surface area contributed by atoms with Crippen molar-refractivity contribution in [1.29, 1.82) is 0 Å². The summed E-state index contributed by atoms with van der Waals surface area (Å²) in [6.07, 6.45) is -0.188. The average Bonchev–Trinajstić information content (AvgIpc) is 2.64. The molecular weight excluding hydrogens is 352 g/mol. The van der Waals surface area contributed by atoms with E-state index >= 15 is 0 Å². The van der Waals surface area contributed by atoms with Crippen LogP contribution in [0.2, 0.25) is 0 Å². The number of piperazine rings is 1. The number of nitrogens with one attached hydrogen (secondary N) is 1. The maximum Gasteiger partial charge on any atom is 0.308 e. The molecule has 2 amide bonds. The van der Waals surface area contributed by atoms with Gasteiger partial charge >= 0.3 is 5.97 Å². The van der Waals surface area contributed by atoms with Crippen molar-refractivity contribution in [2.45, 2.75) is 33.2 Å². The Hall–Kier alpha value is -2.77. The third-order valence-electron chi connectivity index (χ3n) is 4.05. The van der Waals surface area contributed by atoms with E-state index in [1.165, 1.54) is 4.90 Å². The zero-order valence-corrected chi connectivity index (χ0v) is 15.9. The highest BCUT2D eigenvalue weighted by Gasteiger charge is 2.36. The molecule has 1 saturated heterocycles. The van der Waals surface area contributed by atoms with Crippen molar-refractivity contribution in [3.05, 3.63) is 23.8 Å². The lowest BCUT2D eigenvalue weighted by molar-refractivity contribution is -0.147. The fourth-order valence-corrected chi connectivity index (χ4v) is 2.90. The lowest BCUT2D eigenvalue weighted by Crippen LogP contribution is -2.57. The van der Waals surface area contributed by atoms with E-state index in [0.717, 1.165) is 0 Å². The van der Waals surface area contributed by atoms with Crippen LogP contribution in [-0.4, -0.2) is 61.6 Å². The molecule has 0 aliphatic carbocycles. The number of hydrogen-bond acceptors (Lipinski definition) is 6. The third-order valence-corrected chi connectivity index (χ3v) is 4.05. The highest BCUT2D eigenvalue weighted by atomic mass is 16.5. The van der Waals surface area contributed by atoms with Crippen molar-refractivity contribution in [1.82, 2.24) is 10.2 Å². The van der Waals surface area contributed by atoms with Crippen LogP contribution >= 0.6 is 0 Å². The first-order valence-electron chi connectivity index (χ1n) is 9.15. The van der Waals surface area contributed by atoms with Gasteiger partial charge in [-0.15, -0.1) is 0 Å². The van der Waals surface area contributed by atoms with Gasteiger partial charge in [-0.1, -0.05) is 0 Å². The molecule has 1 aromatic rings. The molecule has 148 valence electrons. The molecule has 2 rings (SSSR count). The van der Waals surface area contributed by atoms with Gasteiger partial charge in [0.1, 0.15) is 17.5 Å². The lowest BCUT2D eigenvalue weighted by atomic mass is 10.1. The molecule has 1 aliphatic rings. The molecule has 0 bridgehead atoms. The smallest absolute Gasteiger partial charge is 0.308 e. The summed E-state index contributed by atoms with van der Waals surface area (Å²) in [5, 5.41) is 2.69. The summed E-state index contributed by atoms with van der Waals surface area (Å²) in [5.74, 6) is -0.280. The van der Waals surface area contributed by atoms with E-state index in [1.54, 1.807) is 25.1 Å². The number of amides is 2. The topological polar surface area (TPSA) is 94.2 Å². The van der Waals surface area contributed by atoms with Crippen LogP contribution in [0.15, 0.2) is 18.2 Å². The Kier molecular flexibility index (Phi) is 7.45. The maximum absolute atomic E-state index is 13.1.